The molecule has 0 amide bonds. The minimum absolute atomic E-state index is 0.460. The highest BCUT2D eigenvalue weighted by molar-refractivity contribution is 5.82. The van der Waals surface area contributed by atoms with Gasteiger partial charge in [-0.25, -0.2) is 0 Å². The first-order chi connectivity index (χ1) is 10.3. The summed E-state index contributed by atoms with van der Waals surface area (Å²) >= 11 is 0. The van der Waals surface area contributed by atoms with Crippen LogP contribution in [0.2, 0.25) is 0 Å². The van der Waals surface area contributed by atoms with Crippen LogP contribution in [0.3, 0.4) is 0 Å². The van der Waals surface area contributed by atoms with E-state index in [-0.39, 0.29) is 0 Å². The van der Waals surface area contributed by atoms with Crippen molar-refractivity contribution in [3.05, 3.63) is 41.6 Å². The lowest BCUT2D eigenvalue weighted by atomic mass is 10.1. The van der Waals surface area contributed by atoms with Crippen molar-refractivity contribution in [2.24, 2.45) is 0 Å². The second-order valence-electron chi connectivity index (χ2n) is 5.89. The molecule has 2 aromatic rings. The van der Waals surface area contributed by atoms with E-state index in [2.05, 4.69) is 41.5 Å². The summed E-state index contributed by atoms with van der Waals surface area (Å²) < 4.78 is 5.77. The van der Waals surface area contributed by atoms with Crippen LogP contribution in [0.4, 0.5) is 0 Å². The molecule has 0 spiro atoms. The monoisotopic (exact) mass is 284 g/mol. The van der Waals surface area contributed by atoms with Crippen LogP contribution in [-0.2, 0) is 11.3 Å². The molecular weight excluding hydrogens is 260 g/mol. The van der Waals surface area contributed by atoms with Crippen LogP contribution in [0.15, 0.2) is 30.3 Å². The fourth-order valence-corrected chi connectivity index (χ4v) is 3.06. The normalized spacial score (nSPS) is 19.0. The fraction of sp³-hybridized carbons (Fsp3) is 0.500. The number of benzene rings is 1. The van der Waals surface area contributed by atoms with E-state index >= 15 is 0 Å². The highest BCUT2D eigenvalue weighted by Crippen LogP contribution is 2.18. The summed E-state index contributed by atoms with van der Waals surface area (Å²) in [6.07, 6.45) is 5.34. The molecule has 3 nitrogen and oxygen atoms in total. The molecule has 1 aliphatic rings. The third kappa shape index (κ3) is 3.80. The van der Waals surface area contributed by atoms with Gasteiger partial charge in [0.2, 0.25) is 0 Å². The Balaban J connectivity index is 1.57. The van der Waals surface area contributed by atoms with Crippen LogP contribution in [0, 0.1) is 6.92 Å². The predicted octanol–water partition coefficient (Wildman–Crippen LogP) is 3.59. The Labute approximate surface area is 126 Å². The van der Waals surface area contributed by atoms with E-state index in [0.717, 1.165) is 37.3 Å². The Morgan fingerprint density at radius 3 is 3.05 bits per heavy atom. The van der Waals surface area contributed by atoms with Gasteiger partial charge in [0.15, 0.2) is 0 Å². The third-order valence-electron chi connectivity index (χ3n) is 4.16. The Morgan fingerprint density at radius 2 is 2.19 bits per heavy atom. The Hall–Kier alpha value is -1.45. The molecule has 3 heteroatoms. The summed E-state index contributed by atoms with van der Waals surface area (Å²) in [7, 11) is 0. The maximum absolute atomic E-state index is 5.77. The molecule has 1 aliphatic heterocycles. The fourth-order valence-electron chi connectivity index (χ4n) is 3.06. The van der Waals surface area contributed by atoms with E-state index in [9.17, 15) is 0 Å². The van der Waals surface area contributed by atoms with Gasteiger partial charge in [0, 0.05) is 24.2 Å². The van der Waals surface area contributed by atoms with Gasteiger partial charge in [-0.15, -0.1) is 0 Å². The van der Waals surface area contributed by atoms with Gasteiger partial charge in [-0.05, 0) is 56.8 Å². The molecule has 0 bridgehead atoms. The van der Waals surface area contributed by atoms with Crippen LogP contribution in [0.25, 0.3) is 10.9 Å². The molecule has 1 atom stereocenters. The predicted molar refractivity (Wildman–Crippen MR) is 86.4 cm³/mol. The van der Waals surface area contributed by atoms with Gasteiger partial charge in [0.1, 0.15) is 0 Å². The zero-order valence-corrected chi connectivity index (χ0v) is 12.8. The number of rotatable bonds is 5. The van der Waals surface area contributed by atoms with Gasteiger partial charge in [-0.2, -0.15) is 0 Å². The number of para-hydroxylation sites is 1. The standard InChI is InChI=1S/C18H24N2O/c1-14-12-15(17-7-2-3-8-18(17)20-14)13-19-10-9-16-6-4-5-11-21-16/h2-3,7-8,12,16,19H,4-6,9-11,13H2,1H3. The van der Waals surface area contributed by atoms with Crippen molar-refractivity contribution < 1.29 is 4.74 Å². The van der Waals surface area contributed by atoms with E-state index in [1.807, 2.05) is 6.07 Å². The van der Waals surface area contributed by atoms with Crippen LogP contribution in [0.1, 0.15) is 36.9 Å². The lowest BCUT2D eigenvalue weighted by Crippen LogP contribution is -2.25. The number of aromatic nitrogens is 1. The maximum atomic E-state index is 5.77. The van der Waals surface area contributed by atoms with Crippen molar-refractivity contribution in [1.29, 1.82) is 0 Å². The largest absolute Gasteiger partial charge is 0.378 e. The molecule has 1 N–H and O–H groups in total. The van der Waals surface area contributed by atoms with Gasteiger partial charge in [-0.3, -0.25) is 4.98 Å². The molecule has 0 aliphatic carbocycles. The minimum atomic E-state index is 0.460. The van der Waals surface area contributed by atoms with Crippen LogP contribution in [-0.4, -0.2) is 24.2 Å². The van der Waals surface area contributed by atoms with Crippen molar-refractivity contribution in [3.63, 3.8) is 0 Å². The van der Waals surface area contributed by atoms with E-state index in [1.165, 1.54) is 30.2 Å². The summed E-state index contributed by atoms with van der Waals surface area (Å²) in [6, 6.07) is 10.6. The second-order valence-corrected chi connectivity index (χ2v) is 5.89. The molecule has 0 saturated carbocycles. The smallest absolute Gasteiger partial charge is 0.0708 e. The Morgan fingerprint density at radius 1 is 1.29 bits per heavy atom. The first-order valence-corrected chi connectivity index (χ1v) is 8.00. The highest BCUT2D eigenvalue weighted by Gasteiger charge is 2.13. The first-order valence-electron chi connectivity index (χ1n) is 8.00. The van der Waals surface area contributed by atoms with Gasteiger partial charge in [0.25, 0.3) is 0 Å². The van der Waals surface area contributed by atoms with Gasteiger partial charge in [0.05, 0.1) is 11.6 Å². The van der Waals surface area contributed by atoms with Crippen molar-refractivity contribution in [3.8, 4) is 0 Å². The number of fused-ring (bicyclic) bond motifs is 1. The zero-order chi connectivity index (χ0) is 14.5. The molecule has 2 heterocycles. The summed E-state index contributed by atoms with van der Waals surface area (Å²) in [4.78, 5) is 4.59. The number of nitrogens with zero attached hydrogens (tertiary/aromatic N) is 1. The number of aryl methyl sites for hydroxylation is 1. The Kier molecular flexibility index (Phi) is 4.84. The van der Waals surface area contributed by atoms with Crippen molar-refractivity contribution in [2.75, 3.05) is 13.2 Å². The van der Waals surface area contributed by atoms with E-state index in [0.29, 0.717) is 6.10 Å². The first kappa shape index (κ1) is 14.5. The molecule has 3 rings (SSSR count). The Bertz CT molecular complexity index is 591. The molecule has 0 radical (unpaired) electrons. The molecule has 1 aromatic carbocycles. The number of ether oxygens (including phenoxy) is 1. The average Bonchev–Trinajstić information content (AvgIpc) is 2.52. The molecule has 112 valence electrons. The zero-order valence-electron chi connectivity index (χ0n) is 12.8. The summed E-state index contributed by atoms with van der Waals surface area (Å²) in [5.74, 6) is 0. The average molecular weight is 284 g/mol. The number of hydrogen-bond acceptors (Lipinski definition) is 3. The van der Waals surface area contributed by atoms with Crippen LogP contribution in [0.5, 0.6) is 0 Å². The quantitative estimate of drug-likeness (QED) is 0.852. The summed E-state index contributed by atoms with van der Waals surface area (Å²) in [5.41, 5.74) is 3.51. The molecule has 21 heavy (non-hydrogen) atoms. The van der Waals surface area contributed by atoms with E-state index in [1.54, 1.807) is 0 Å². The SMILES string of the molecule is Cc1cc(CNCCC2CCCCO2)c2ccccc2n1. The molecular formula is C18H24N2O. The van der Waals surface area contributed by atoms with Crippen LogP contribution < -0.4 is 5.32 Å². The van der Waals surface area contributed by atoms with Gasteiger partial charge in [-0.1, -0.05) is 18.2 Å². The minimum Gasteiger partial charge on any atom is -0.378 e. The summed E-state index contributed by atoms with van der Waals surface area (Å²) in [6.45, 7) is 4.92. The van der Waals surface area contributed by atoms with Gasteiger partial charge >= 0.3 is 0 Å². The van der Waals surface area contributed by atoms with E-state index < -0.39 is 0 Å². The number of nitrogens with one attached hydrogen (secondary N) is 1. The lowest BCUT2D eigenvalue weighted by molar-refractivity contribution is 0.0115. The van der Waals surface area contributed by atoms with E-state index in [4.69, 9.17) is 4.74 Å². The highest BCUT2D eigenvalue weighted by atomic mass is 16.5. The van der Waals surface area contributed by atoms with Crippen LogP contribution >= 0.6 is 0 Å². The molecule has 1 unspecified atom stereocenters. The summed E-state index contributed by atoms with van der Waals surface area (Å²) in [5, 5.41) is 4.81. The molecule has 1 aromatic heterocycles. The third-order valence-corrected chi connectivity index (χ3v) is 4.16. The molecule has 1 fully saturated rings. The van der Waals surface area contributed by atoms with Crippen molar-refractivity contribution in [1.82, 2.24) is 10.3 Å². The van der Waals surface area contributed by atoms with Gasteiger partial charge < -0.3 is 10.1 Å². The molecule has 1 saturated heterocycles. The maximum Gasteiger partial charge on any atom is 0.0708 e. The number of hydrogen-bond donors (Lipinski definition) is 1. The second kappa shape index (κ2) is 7.01. The lowest BCUT2D eigenvalue weighted by Gasteiger charge is -2.22. The topological polar surface area (TPSA) is 34.1 Å². The van der Waals surface area contributed by atoms with Crippen molar-refractivity contribution in [2.45, 2.75) is 45.3 Å². The number of pyridine rings is 1. The van der Waals surface area contributed by atoms with Crippen molar-refractivity contribution >= 4 is 10.9 Å².